The van der Waals surface area contributed by atoms with Gasteiger partial charge in [-0.15, -0.1) is 0 Å². The Morgan fingerprint density at radius 2 is 1.95 bits per heavy atom. The van der Waals surface area contributed by atoms with E-state index in [-0.39, 0.29) is 21.1 Å². The standard InChI is InChI=1S/C12H12O6S2/c1-2-19(15,16)7-10-5-8-3-4-9(12(13)14)6-11(8)20(10,17)18/h3-6H,2,7H2,1H3,(H,13,14). The second kappa shape index (κ2) is 4.71. The minimum absolute atomic E-state index is 0.152. The van der Waals surface area contributed by atoms with Crippen molar-refractivity contribution in [1.29, 1.82) is 0 Å². The second-order valence-corrected chi connectivity index (χ2v) is 8.67. The molecule has 0 bridgehead atoms. The van der Waals surface area contributed by atoms with Gasteiger partial charge in [-0.25, -0.2) is 21.6 Å². The predicted molar refractivity (Wildman–Crippen MR) is 72.9 cm³/mol. The van der Waals surface area contributed by atoms with Crippen LogP contribution in [-0.2, 0) is 19.7 Å². The number of aromatic carboxylic acids is 1. The Morgan fingerprint density at radius 3 is 2.50 bits per heavy atom. The zero-order valence-corrected chi connectivity index (χ0v) is 12.2. The monoisotopic (exact) mass is 316 g/mol. The smallest absolute Gasteiger partial charge is 0.335 e. The van der Waals surface area contributed by atoms with Crippen LogP contribution in [0, 0.1) is 0 Å². The number of fused-ring (bicyclic) bond motifs is 1. The van der Waals surface area contributed by atoms with Crippen LogP contribution in [0.1, 0.15) is 22.8 Å². The molecule has 0 radical (unpaired) electrons. The van der Waals surface area contributed by atoms with Gasteiger partial charge in [0.2, 0.25) is 9.84 Å². The molecule has 20 heavy (non-hydrogen) atoms. The Bertz CT molecular complexity index is 816. The predicted octanol–water partition coefficient (Wildman–Crippen LogP) is 0.948. The van der Waals surface area contributed by atoms with Crippen LogP contribution in [0.15, 0.2) is 28.0 Å². The normalized spacial score (nSPS) is 16.6. The molecule has 0 unspecified atom stereocenters. The van der Waals surface area contributed by atoms with Gasteiger partial charge in [0.05, 0.1) is 21.1 Å². The van der Waals surface area contributed by atoms with E-state index in [0.29, 0.717) is 5.56 Å². The summed E-state index contributed by atoms with van der Waals surface area (Å²) in [5, 5.41) is 8.87. The summed E-state index contributed by atoms with van der Waals surface area (Å²) in [6, 6.07) is 3.70. The summed E-state index contributed by atoms with van der Waals surface area (Å²) in [6.07, 6.45) is 1.28. The fourth-order valence-electron chi connectivity index (χ4n) is 1.85. The van der Waals surface area contributed by atoms with Crippen molar-refractivity contribution in [2.24, 2.45) is 0 Å². The van der Waals surface area contributed by atoms with Crippen LogP contribution in [0.3, 0.4) is 0 Å². The largest absolute Gasteiger partial charge is 0.478 e. The summed E-state index contributed by atoms with van der Waals surface area (Å²) < 4.78 is 47.6. The second-order valence-electron chi connectivity index (χ2n) is 4.35. The highest BCUT2D eigenvalue weighted by Gasteiger charge is 2.32. The number of benzene rings is 1. The van der Waals surface area contributed by atoms with E-state index in [2.05, 4.69) is 0 Å². The summed E-state index contributed by atoms with van der Waals surface area (Å²) in [5.41, 5.74) is 0.164. The van der Waals surface area contributed by atoms with Gasteiger partial charge in [-0.3, -0.25) is 0 Å². The molecular weight excluding hydrogens is 304 g/mol. The van der Waals surface area contributed by atoms with Gasteiger partial charge in [0, 0.05) is 5.75 Å². The van der Waals surface area contributed by atoms with Crippen molar-refractivity contribution in [1.82, 2.24) is 0 Å². The lowest BCUT2D eigenvalue weighted by Gasteiger charge is -2.04. The van der Waals surface area contributed by atoms with E-state index in [1.54, 1.807) is 0 Å². The van der Waals surface area contributed by atoms with Crippen molar-refractivity contribution in [3.05, 3.63) is 34.2 Å². The average Bonchev–Trinajstić information content (AvgIpc) is 2.60. The molecule has 0 saturated heterocycles. The molecule has 2 rings (SSSR count). The topological polar surface area (TPSA) is 106 Å². The van der Waals surface area contributed by atoms with Gasteiger partial charge in [-0.1, -0.05) is 13.0 Å². The van der Waals surface area contributed by atoms with E-state index in [1.165, 1.54) is 25.1 Å². The lowest BCUT2D eigenvalue weighted by atomic mass is 10.1. The van der Waals surface area contributed by atoms with Gasteiger partial charge in [0.15, 0.2) is 9.84 Å². The highest BCUT2D eigenvalue weighted by Crippen LogP contribution is 2.34. The van der Waals surface area contributed by atoms with E-state index in [0.717, 1.165) is 6.07 Å². The molecule has 0 amide bonds. The fourth-order valence-corrected chi connectivity index (χ4v) is 5.01. The Labute approximate surface area is 116 Å². The number of sulfone groups is 2. The van der Waals surface area contributed by atoms with Crippen molar-refractivity contribution < 1.29 is 26.7 Å². The van der Waals surface area contributed by atoms with Gasteiger partial charge in [0.25, 0.3) is 0 Å². The van der Waals surface area contributed by atoms with E-state index >= 15 is 0 Å². The number of rotatable bonds is 4. The summed E-state index contributed by atoms with van der Waals surface area (Å²) in [6.45, 7) is 1.44. The molecule has 0 fully saturated rings. The number of hydrogen-bond acceptors (Lipinski definition) is 5. The number of carboxylic acid groups (broad SMARTS) is 1. The SMILES string of the molecule is CCS(=O)(=O)CC1=Cc2ccc(C(=O)O)cc2S1(=O)=O. The molecule has 1 aromatic rings. The highest BCUT2D eigenvalue weighted by molar-refractivity contribution is 7.98. The quantitative estimate of drug-likeness (QED) is 0.886. The first-order chi connectivity index (χ1) is 9.17. The summed E-state index contributed by atoms with van der Waals surface area (Å²) in [7, 11) is -7.41. The Morgan fingerprint density at radius 1 is 1.30 bits per heavy atom. The first-order valence-corrected chi connectivity index (χ1v) is 9.01. The van der Waals surface area contributed by atoms with Gasteiger partial charge in [0.1, 0.15) is 0 Å². The molecule has 0 atom stereocenters. The Hall–Kier alpha value is -1.67. The lowest BCUT2D eigenvalue weighted by molar-refractivity contribution is 0.0696. The lowest BCUT2D eigenvalue weighted by Crippen LogP contribution is -2.15. The average molecular weight is 316 g/mol. The van der Waals surface area contributed by atoms with Crippen molar-refractivity contribution in [2.45, 2.75) is 11.8 Å². The van der Waals surface area contributed by atoms with Crippen LogP contribution in [0.4, 0.5) is 0 Å². The molecular formula is C12H12O6S2. The molecule has 1 heterocycles. The van der Waals surface area contributed by atoms with Crippen LogP contribution >= 0.6 is 0 Å². The van der Waals surface area contributed by atoms with Gasteiger partial charge < -0.3 is 5.11 Å². The maximum Gasteiger partial charge on any atom is 0.335 e. The Balaban J connectivity index is 2.51. The maximum atomic E-state index is 12.2. The molecule has 0 saturated carbocycles. The molecule has 6 nitrogen and oxygen atoms in total. The number of hydrogen-bond donors (Lipinski definition) is 1. The first kappa shape index (κ1) is 14.7. The highest BCUT2D eigenvalue weighted by atomic mass is 32.2. The van der Waals surface area contributed by atoms with Crippen molar-refractivity contribution in [2.75, 3.05) is 11.5 Å². The van der Waals surface area contributed by atoms with Crippen molar-refractivity contribution in [3.8, 4) is 0 Å². The van der Waals surface area contributed by atoms with Crippen molar-refractivity contribution in [3.63, 3.8) is 0 Å². The summed E-state index contributed by atoms with van der Waals surface area (Å²) in [5.74, 6) is -1.96. The van der Waals surface area contributed by atoms with Crippen LogP contribution in [0.5, 0.6) is 0 Å². The Kier molecular flexibility index (Phi) is 3.47. The molecule has 108 valence electrons. The van der Waals surface area contributed by atoms with Crippen LogP contribution in [0.25, 0.3) is 6.08 Å². The van der Waals surface area contributed by atoms with Crippen LogP contribution in [0.2, 0.25) is 0 Å². The molecule has 1 aromatic carbocycles. The summed E-state index contributed by atoms with van der Waals surface area (Å²) in [4.78, 5) is 10.5. The maximum absolute atomic E-state index is 12.2. The minimum atomic E-state index is -3.93. The van der Waals surface area contributed by atoms with E-state index in [9.17, 15) is 21.6 Å². The molecule has 0 aliphatic carbocycles. The third-order valence-corrected chi connectivity index (χ3v) is 6.71. The van der Waals surface area contributed by atoms with E-state index in [1.807, 2.05) is 0 Å². The van der Waals surface area contributed by atoms with Gasteiger partial charge >= 0.3 is 5.97 Å². The molecule has 1 aliphatic heterocycles. The molecule has 0 aromatic heterocycles. The fraction of sp³-hybridized carbons (Fsp3) is 0.250. The van der Waals surface area contributed by atoms with Gasteiger partial charge in [-0.2, -0.15) is 0 Å². The molecule has 8 heteroatoms. The van der Waals surface area contributed by atoms with Crippen molar-refractivity contribution >= 4 is 31.7 Å². The number of carboxylic acids is 1. The van der Waals surface area contributed by atoms with Crippen LogP contribution < -0.4 is 0 Å². The van der Waals surface area contributed by atoms with Gasteiger partial charge in [-0.05, 0) is 23.8 Å². The number of carbonyl (C=O) groups is 1. The third-order valence-electron chi connectivity index (χ3n) is 3.01. The third kappa shape index (κ3) is 2.48. The van der Waals surface area contributed by atoms with Crippen LogP contribution in [-0.4, -0.2) is 39.4 Å². The minimum Gasteiger partial charge on any atom is -0.478 e. The summed E-state index contributed by atoms with van der Waals surface area (Å²) >= 11 is 0. The first-order valence-electron chi connectivity index (χ1n) is 5.71. The molecule has 1 N–H and O–H groups in total. The zero-order valence-electron chi connectivity index (χ0n) is 10.5. The molecule has 1 aliphatic rings. The zero-order chi connectivity index (χ0) is 15.1. The molecule has 0 spiro atoms. The van der Waals surface area contributed by atoms with E-state index in [4.69, 9.17) is 5.11 Å². The van der Waals surface area contributed by atoms with E-state index < -0.39 is 31.4 Å².